The molecule has 0 aliphatic heterocycles. The highest BCUT2D eigenvalue weighted by molar-refractivity contribution is 5.81. The summed E-state index contributed by atoms with van der Waals surface area (Å²) < 4.78 is 10.3. The number of aliphatic hydroxyl groups excluding tert-OH is 1. The van der Waals surface area contributed by atoms with Gasteiger partial charge in [-0.05, 0) is 56.2 Å². The summed E-state index contributed by atoms with van der Waals surface area (Å²) in [6, 6.07) is 16.5. The summed E-state index contributed by atoms with van der Waals surface area (Å²) in [5.41, 5.74) is 2.11. The monoisotopic (exact) mass is 540 g/mol. The predicted molar refractivity (Wildman–Crippen MR) is 151 cm³/mol. The van der Waals surface area contributed by atoms with Crippen molar-refractivity contribution in [3.05, 3.63) is 65.7 Å². The molecule has 2 aromatic rings. The number of esters is 1. The first-order valence-corrected chi connectivity index (χ1v) is 13.7. The van der Waals surface area contributed by atoms with E-state index in [1.165, 1.54) is 7.11 Å². The van der Waals surface area contributed by atoms with Gasteiger partial charge < -0.3 is 25.2 Å². The highest BCUT2D eigenvalue weighted by Gasteiger charge is 2.26. The number of methoxy groups -OCH3 is 1. The van der Waals surface area contributed by atoms with Gasteiger partial charge in [0.2, 0.25) is 11.8 Å². The van der Waals surface area contributed by atoms with E-state index in [-0.39, 0.29) is 50.1 Å². The first kappa shape index (κ1) is 31.8. The Bertz CT molecular complexity index is 1010. The quantitative estimate of drug-likeness (QED) is 0.260. The zero-order valence-corrected chi connectivity index (χ0v) is 23.7. The number of ether oxygens (including phenoxy) is 2. The molecule has 2 rings (SSSR count). The Morgan fingerprint density at radius 3 is 2.18 bits per heavy atom. The van der Waals surface area contributed by atoms with Crippen LogP contribution >= 0.6 is 0 Å². The Morgan fingerprint density at radius 1 is 0.872 bits per heavy atom. The van der Waals surface area contributed by atoms with Gasteiger partial charge in [-0.2, -0.15) is 0 Å². The van der Waals surface area contributed by atoms with Gasteiger partial charge in [0.1, 0.15) is 5.75 Å². The van der Waals surface area contributed by atoms with E-state index in [1.807, 2.05) is 61.5 Å². The van der Waals surface area contributed by atoms with Crippen LogP contribution in [0.15, 0.2) is 54.6 Å². The van der Waals surface area contributed by atoms with E-state index in [4.69, 9.17) is 4.74 Å². The summed E-state index contributed by atoms with van der Waals surface area (Å²) in [7, 11) is 1.29. The van der Waals surface area contributed by atoms with Crippen LogP contribution in [0.25, 0.3) is 0 Å². The highest BCUT2D eigenvalue weighted by atomic mass is 16.5. The maximum atomic E-state index is 12.8. The van der Waals surface area contributed by atoms with Crippen LogP contribution in [0.2, 0.25) is 0 Å². The average molecular weight is 541 g/mol. The van der Waals surface area contributed by atoms with Crippen molar-refractivity contribution in [3.8, 4) is 5.75 Å². The first-order valence-electron chi connectivity index (χ1n) is 13.7. The number of aliphatic hydroxyl groups is 1. The zero-order valence-electron chi connectivity index (χ0n) is 23.7. The van der Waals surface area contributed by atoms with Crippen LogP contribution in [-0.4, -0.2) is 54.8 Å². The summed E-state index contributed by atoms with van der Waals surface area (Å²) in [4.78, 5) is 36.8. The summed E-state index contributed by atoms with van der Waals surface area (Å²) >= 11 is 0. The Labute approximate surface area is 232 Å². The van der Waals surface area contributed by atoms with Gasteiger partial charge in [-0.15, -0.1) is 0 Å². The molecule has 3 atom stereocenters. The first-order chi connectivity index (χ1) is 18.7. The van der Waals surface area contributed by atoms with E-state index in [9.17, 15) is 19.5 Å². The second-order valence-corrected chi connectivity index (χ2v) is 10.4. The van der Waals surface area contributed by atoms with Gasteiger partial charge in [0.25, 0.3) is 0 Å². The van der Waals surface area contributed by atoms with E-state index >= 15 is 0 Å². The van der Waals surface area contributed by atoms with Gasteiger partial charge >= 0.3 is 5.97 Å². The fourth-order valence-electron chi connectivity index (χ4n) is 4.18. The number of carbonyl (C=O) groups is 3. The second kappa shape index (κ2) is 17.2. The molecule has 2 unspecified atom stereocenters. The molecule has 0 aromatic heterocycles. The van der Waals surface area contributed by atoms with E-state index in [0.29, 0.717) is 24.5 Å². The van der Waals surface area contributed by atoms with Crippen molar-refractivity contribution in [1.82, 2.24) is 10.6 Å². The van der Waals surface area contributed by atoms with Crippen LogP contribution in [0.3, 0.4) is 0 Å². The summed E-state index contributed by atoms with van der Waals surface area (Å²) in [6.07, 6.45) is 1.52. The largest absolute Gasteiger partial charge is 0.493 e. The number of hydrogen-bond donors (Lipinski definition) is 3. The Balaban J connectivity index is 2.03. The molecule has 0 saturated carbocycles. The van der Waals surface area contributed by atoms with Crippen LogP contribution in [-0.2, 0) is 25.5 Å². The molecule has 39 heavy (non-hydrogen) atoms. The van der Waals surface area contributed by atoms with Gasteiger partial charge in [-0.1, -0.05) is 61.9 Å². The molecular weight excluding hydrogens is 496 g/mol. The molecule has 0 spiro atoms. The van der Waals surface area contributed by atoms with Crippen LogP contribution in [0.1, 0.15) is 63.5 Å². The van der Waals surface area contributed by atoms with E-state index < -0.39 is 18.1 Å². The Kier molecular flexibility index (Phi) is 14.1. The second-order valence-electron chi connectivity index (χ2n) is 10.4. The van der Waals surface area contributed by atoms with Crippen LogP contribution in [0, 0.1) is 12.8 Å². The minimum atomic E-state index is -0.898. The number of rotatable bonds is 17. The maximum absolute atomic E-state index is 12.8. The lowest BCUT2D eigenvalue weighted by Crippen LogP contribution is -2.48. The molecule has 8 nitrogen and oxygen atoms in total. The molecule has 0 aliphatic rings. The average Bonchev–Trinajstić information content (AvgIpc) is 2.91. The highest BCUT2D eigenvalue weighted by Crippen LogP contribution is 2.16. The van der Waals surface area contributed by atoms with Crippen LogP contribution in [0.4, 0.5) is 0 Å². The molecule has 0 saturated heterocycles. The van der Waals surface area contributed by atoms with Crippen molar-refractivity contribution in [1.29, 1.82) is 0 Å². The summed E-state index contributed by atoms with van der Waals surface area (Å²) in [5, 5.41) is 17.2. The minimum Gasteiger partial charge on any atom is -0.493 e. The zero-order chi connectivity index (χ0) is 28.6. The number of hydrogen-bond acceptors (Lipinski definition) is 6. The fourth-order valence-corrected chi connectivity index (χ4v) is 4.18. The molecule has 0 heterocycles. The number of carbonyl (C=O) groups excluding carboxylic acids is 3. The van der Waals surface area contributed by atoms with Crippen LogP contribution < -0.4 is 15.4 Å². The van der Waals surface area contributed by atoms with Crippen molar-refractivity contribution in [2.24, 2.45) is 5.92 Å². The molecule has 3 N–H and O–H groups in total. The van der Waals surface area contributed by atoms with Crippen molar-refractivity contribution in [2.75, 3.05) is 13.7 Å². The Morgan fingerprint density at radius 2 is 1.54 bits per heavy atom. The molecule has 0 fully saturated rings. The van der Waals surface area contributed by atoms with Crippen LogP contribution in [0.5, 0.6) is 5.75 Å². The maximum Gasteiger partial charge on any atom is 0.306 e. The van der Waals surface area contributed by atoms with Crippen molar-refractivity contribution in [3.63, 3.8) is 0 Å². The molecule has 214 valence electrons. The van der Waals surface area contributed by atoms with Crippen molar-refractivity contribution >= 4 is 17.8 Å². The lowest BCUT2D eigenvalue weighted by Gasteiger charge is -2.29. The molecular formula is C31H44N2O6. The molecule has 2 aromatic carbocycles. The molecule has 0 radical (unpaired) electrons. The summed E-state index contributed by atoms with van der Waals surface area (Å²) in [6.45, 7) is 6.42. The third kappa shape index (κ3) is 13.3. The number of nitrogens with one attached hydrogen (secondary N) is 2. The van der Waals surface area contributed by atoms with Gasteiger partial charge in [0.05, 0.1) is 38.7 Å². The van der Waals surface area contributed by atoms with Gasteiger partial charge in [0.15, 0.2) is 0 Å². The van der Waals surface area contributed by atoms with Crippen molar-refractivity contribution < 1.29 is 29.0 Å². The molecule has 0 aliphatic carbocycles. The number of aryl methyl sites for hydroxylation is 1. The van der Waals surface area contributed by atoms with E-state index in [1.54, 1.807) is 0 Å². The third-order valence-corrected chi connectivity index (χ3v) is 6.50. The molecule has 8 heteroatoms. The standard InChI is InChI=1S/C31H44N2O6/c1-22(2)10-13-25(32-29(35)16-17-31(37)38-4)21-28(34)27(20-24-8-6-5-7-9-24)33-30(36)18-19-39-26-14-11-23(3)12-15-26/h5-9,11-12,14-15,22,25,27-28,34H,10,13,16-21H2,1-4H3,(H,32,35)(H,33,36)/t25?,27?,28-/m0/s1. The number of benzene rings is 2. The summed E-state index contributed by atoms with van der Waals surface area (Å²) in [5.74, 6) is 0.192. The van der Waals surface area contributed by atoms with Gasteiger partial charge in [-0.3, -0.25) is 14.4 Å². The molecule has 2 amide bonds. The van der Waals surface area contributed by atoms with E-state index in [2.05, 4.69) is 29.2 Å². The smallest absolute Gasteiger partial charge is 0.306 e. The topological polar surface area (TPSA) is 114 Å². The van der Waals surface area contributed by atoms with E-state index in [0.717, 1.165) is 17.5 Å². The number of amides is 2. The fraction of sp³-hybridized carbons (Fsp3) is 0.516. The van der Waals surface area contributed by atoms with Crippen molar-refractivity contribution in [2.45, 2.75) is 83.9 Å². The molecule has 0 bridgehead atoms. The third-order valence-electron chi connectivity index (χ3n) is 6.50. The lowest BCUT2D eigenvalue weighted by atomic mass is 9.93. The lowest BCUT2D eigenvalue weighted by molar-refractivity contribution is -0.142. The van der Waals surface area contributed by atoms with Gasteiger partial charge in [-0.25, -0.2) is 0 Å². The Hall–Kier alpha value is -3.39. The minimum absolute atomic E-state index is 0.000857. The normalized spacial score (nSPS) is 13.3. The van der Waals surface area contributed by atoms with Gasteiger partial charge in [0, 0.05) is 12.5 Å². The predicted octanol–water partition coefficient (Wildman–Crippen LogP) is 4.12. The SMILES string of the molecule is COC(=O)CCC(=O)NC(CCC(C)C)C[C@H](O)C(Cc1ccccc1)NC(=O)CCOc1ccc(C)cc1.